The second-order valence-electron chi connectivity index (χ2n) is 6.82. The van der Waals surface area contributed by atoms with E-state index in [2.05, 4.69) is 0 Å². The zero-order chi connectivity index (χ0) is 19.5. The SMILES string of the molecule is CC(=O)N1CCN(C(=O)CCN(c2cc(C)cc(C)c2)S(C)(=O)=O)CC1. The van der Waals surface area contributed by atoms with Gasteiger partial charge in [0, 0.05) is 46.1 Å². The summed E-state index contributed by atoms with van der Waals surface area (Å²) in [6.07, 6.45) is 1.26. The van der Waals surface area contributed by atoms with E-state index in [-0.39, 0.29) is 24.8 Å². The van der Waals surface area contributed by atoms with E-state index < -0.39 is 10.0 Å². The van der Waals surface area contributed by atoms with Gasteiger partial charge in [-0.2, -0.15) is 0 Å². The summed E-state index contributed by atoms with van der Waals surface area (Å²) in [6, 6.07) is 5.60. The summed E-state index contributed by atoms with van der Waals surface area (Å²) in [5, 5.41) is 0. The van der Waals surface area contributed by atoms with Crippen LogP contribution in [-0.2, 0) is 19.6 Å². The summed E-state index contributed by atoms with van der Waals surface area (Å²) in [6.45, 7) is 7.47. The Hall–Kier alpha value is -2.09. The Labute approximate surface area is 155 Å². The molecular formula is C18H27N3O4S. The highest BCUT2D eigenvalue weighted by Crippen LogP contribution is 2.22. The Balaban J connectivity index is 2.04. The number of piperazine rings is 1. The maximum absolute atomic E-state index is 12.5. The molecule has 1 fully saturated rings. The molecule has 0 spiro atoms. The number of sulfonamides is 1. The number of nitrogens with zero attached hydrogens (tertiary/aromatic N) is 3. The van der Waals surface area contributed by atoms with Crippen molar-refractivity contribution in [2.75, 3.05) is 43.3 Å². The molecule has 0 saturated carbocycles. The smallest absolute Gasteiger partial charge is 0.232 e. The molecule has 0 bridgehead atoms. The minimum Gasteiger partial charge on any atom is -0.339 e. The van der Waals surface area contributed by atoms with E-state index in [4.69, 9.17) is 0 Å². The Kier molecular flexibility index (Phi) is 6.28. The fraction of sp³-hybridized carbons (Fsp3) is 0.556. The molecule has 1 saturated heterocycles. The number of carbonyl (C=O) groups is 2. The van der Waals surface area contributed by atoms with Gasteiger partial charge in [0.05, 0.1) is 11.9 Å². The molecule has 2 amide bonds. The highest BCUT2D eigenvalue weighted by atomic mass is 32.2. The predicted molar refractivity (Wildman–Crippen MR) is 102 cm³/mol. The highest BCUT2D eigenvalue weighted by Gasteiger charge is 2.24. The van der Waals surface area contributed by atoms with E-state index in [1.807, 2.05) is 32.0 Å². The van der Waals surface area contributed by atoms with Crippen LogP contribution in [0, 0.1) is 13.8 Å². The summed E-state index contributed by atoms with van der Waals surface area (Å²) in [7, 11) is -3.49. The van der Waals surface area contributed by atoms with Gasteiger partial charge in [-0.25, -0.2) is 8.42 Å². The van der Waals surface area contributed by atoms with Crippen molar-refractivity contribution in [2.45, 2.75) is 27.2 Å². The third kappa shape index (κ3) is 5.20. The lowest BCUT2D eigenvalue weighted by Crippen LogP contribution is -2.50. The Bertz CT molecular complexity index is 763. The van der Waals surface area contributed by atoms with Crippen LogP contribution in [0.2, 0.25) is 0 Å². The predicted octanol–water partition coefficient (Wildman–Crippen LogP) is 1.15. The van der Waals surface area contributed by atoms with E-state index in [1.54, 1.807) is 9.80 Å². The molecule has 2 rings (SSSR count). The van der Waals surface area contributed by atoms with E-state index in [0.717, 1.165) is 17.4 Å². The van der Waals surface area contributed by atoms with Crippen molar-refractivity contribution in [1.29, 1.82) is 0 Å². The number of carbonyl (C=O) groups excluding carboxylic acids is 2. The largest absolute Gasteiger partial charge is 0.339 e. The van der Waals surface area contributed by atoms with Crippen LogP contribution in [0.25, 0.3) is 0 Å². The van der Waals surface area contributed by atoms with Gasteiger partial charge in [0.15, 0.2) is 0 Å². The third-order valence-electron chi connectivity index (χ3n) is 4.50. The first-order chi connectivity index (χ1) is 12.1. The number of rotatable bonds is 5. The van der Waals surface area contributed by atoms with Crippen molar-refractivity contribution in [3.8, 4) is 0 Å². The van der Waals surface area contributed by atoms with Crippen molar-refractivity contribution in [1.82, 2.24) is 9.80 Å². The number of anilines is 1. The van der Waals surface area contributed by atoms with Crippen LogP contribution in [0.1, 0.15) is 24.5 Å². The van der Waals surface area contributed by atoms with Crippen LogP contribution in [0.15, 0.2) is 18.2 Å². The Morgan fingerprint density at radius 1 is 1.00 bits per heavy atom. The molecule has 8 heteroatoms. The Morgan fingerprint density at radius 3 is 1.96 bits per heavy atom. The molecule has 144 valence electrons. The molecule has 7 nitrogen and oxygen atoms in total. The molecule has 1 aliphatic heterocycles. The summed E-state index contributed by atoms with van der Waals surface area (Å²) < 4.78 is 25.7. The number of benzene rings is 1. The fourth-order valence-corrected chi connectivity index (χ4v) is 4.12. The average molecular weight is 381 g/mol. The number of aryl methyl sites for hydroxylation is 2. The molecule has 0 aromatic heterocycles. The average Bonchev–Trinajstić information content (AvgIpc) is 2.52. The quantitative estimate of drug-likeness (QED) is 0.767. The second-order valence-corrected chi connectivity index (χ2v) is 8.72. The first-order valence-corrected chi connectivity index (χ1v) is 10.5. The highest BCUT2D eigenvalue weighted by molar-refractivity contribution is 7.92. The number of hydrogen-bond donors (Lipinski definition) is 0. The van der Waals surface area contributed by atoms with E-state index in [9.17, 15) is 18.0 Å². The van der Waals surface area contributed by atoms with E-state index in [0.29, 0.717) is 31.9 Å². The lowest BCUT2D eigenvalue weighted by molar-refractivity contribution is -0.138. The number of amides is 2. The summed E-state index contributed by atoms with van der Waals surface area (Å²) in [5.41, 5.74) is 2.53. The summed E-state index contributed by atoms with van der Waals surface area (Å²) in [4.78, 5) is 27.2. The van der Waals surface area contributed by atoms with Crippen molar-refractivity contribution < 1.29 is 18.0 Å². The molecule has 0 radical (unpaired) electrons. The van der Waals surface area contributed by atoms with Crippen LogP contribution < -0.4 is 4.31 Å². The maximum atomic E-state index is 12.5. The lowest BCUT2D eigenvalue weighted by Gasteiger charge is -2.34. The zero-order valence-corrected chi connectivity index (χ0v) is 16.7. The first-order valence-electron chi connectivity index (χ1n) is 8.67. The topological polar surface area (TPSA) is 78.0 Å². The lowest BCUT2D eigenvalue weighted by atomic mass is 10.1. The zero-order valence-electron chi connectivity index (χ0n) is 15.9. The standard InChI is InChI=1S/C18H27N3O4S/c1-14-11-15(2)13-17(12-14)21(26(4,24)25)6-5-18(23)20-9-7-19(8-10-20)16(3)22/h11-13H,5-10H2,1-4H3. The molecule has 0 aliphatic carbocycles. The van der Waals surface area contributed by atoms with Gasteiger partial charge in [-0.1, -0.05) is 6.07 Å². The van der Waals surface area contributed by atoms with Crippen LogP contribution in [-0.4, -0.2) is 69.0 Å². The van der Waals surface area contributed by atoms with Crippen LogP contribution >= 0.6 is 0 Å². The van der Waals surface area contributed by atoms with Gasteiger partial charge in [0.2, 0.25) is 21.8 Å². The molecule has 1 heterocycles. The van der Waals surface area contributed by atoms with Crippen molar-refractivity contribution in [3.63, 3.8) is 0 Å². The Morgan fingerprint density at radius 2 is 1.50 bits per heavy atom. The molecule has 0 atom stereocenters. The molecule has 26 heavy (non-hydrogen) atoms. The molecule has 1 aromatic rings. The van der Waals surface area contributed by atoms with Gasteiger partial charge >= 0.3 is 0 Å². The summed E-state index contributed by atoms with van der Waals surface area (Å²) in [5.74, 6) is -0.0820. The molecule has 0 unspecified atom stereocenters. The third-order valence-corrected chi connectivity index (χ3v) is 5.70. The monoisotopic (exact) mass is 381 g/mol. The van der Waals surface area contributed by atoms with Gasteiger partial charge in [-0.3, -0.25) is 13.9 Å². The summed E-state index contributed by atoms with van der Waals surface area (Å²) >= 11 is 0. The fourth-order valence-electron chi connectivity index (χ4n) is 3.21. The van der Waals surface area contributed by atoms with Crippen LogP contribution in [0.5, 0.6) is 0 Å². The normalized spacial score (nSPS) is 15.1. The van der Waals surface area contributed by atoms with Crippen molar-refractivity contribution >= 4 is 27.5 Å². The second kappa shape index (κ2) is 8.07. The van der Waals surface area contributed by atoms with Crippen LogP contribution in [0.4, 0.5) is 5.69 Å². The van der Waals surface area contributed by atoms with E-state index in [1.165, 1.54) is 11.2 Å². The number of hydrogen-bond acceptors (Lipinski definition) is 4. The van der Waals surface area contributed by atoms with Gasteiger partial charge in [-0.15, -0.1) is 0 Å². The van der Waals surface area contributed by atoms with Crippen molar-refractivity contribution in [3.05, 3.63) is 29.3 Å². The van der Waals surface area contributed by atoms with Gasteiger partial charge in [0.25, 0.3) is 0 Å². The molecule has 0 N–H and O–H groups in total. The van der Waals surface area contributed by atoms with Gasteiger partial charge in [0.1, 0.15) is 0 Å². The maximum Gasteiger partial charge on any atom is 0.232 e. The molecule has 1 aromatic carbocycles. The molecular weight excluding hydrogens is 354 g/mol. The first kappa shape index (κ1) is 20.2. The minimum absolute atomic E-state index is 0.00941. The minimum atomic E-state index is -3.49. The van der Waals surface area contributed by atoms with Crippen molar-refractivity contribution in [2.24, 2.45) is 0 Å². The van der Waals surface area contributed by atoms with Gasteiger partial charge < -0.3 is 9.80 Å². The van der Waals surface area contributed by atoms with Gasteiger partial charge in [-0.05, 0) is 37.1 Å². The van der Waals surface area contributed by atoms with E-state index >= 15 is 0 Å². The van der Waals surface area contributed by atoms with Crippen LogP contribution in [0.3, 0.4) is 0 Å². The molecule has 1 aliphatic rings.